The minimum absolute atomic E-state index is 0.113. The van der Waals surface area contributed by atoms with Crippen molar-refractivity contribution in [3.63, 3.8) is 0 Å². The Morgan fingerprint density at radius 1 is 1.28 bits per heavy atom. The maximum absolute atomic E-state index is 11.3. The van der Waals surface area contributed by atoms with Crippen LogP contribution in [-0.2, 0) is 20.6 Å². The van der Waals surface area contributed by atoms with Crippen molar-refractivity contribution in [2.45, 2.75) is 17.9 Å². The van der Waals surface area contributed by atoms with Gasteiger partial charge in [0.1, 0.15) is 0 Å². The van der Waals surface area contributed by atoms with Crippen molar-refractivity contribution in [3.05, 3.63) is 29.8 Å². The molecular weight excluding hydrogens is 270 g/mol. The average molecular weight is 289 g/mol. The molecule has 102 valence electrons. The van der Waals surface area contributed by atoms with Gasteiger partial charge in [0.2, 0.25) is 0 Å². The van der Waals surface area contributed by atoms with Crippen LogP contribution in [0, 0.1) is 0 Å². The van der Waals surface area contributed by atoms with E-state index in [9.17, 15) is 12.6 Å². The number of sulfone groups is 1. The molecule has 0 bridgehead atoms. The van der Waals surface area contributed by atoms with Gasteiger partial charge in [0.05, 0.1) is 4.90 Å². The van der Waals surface area contributed by atoms with Crippen molar-refractivity contribution in [3.8, 4) is 0 Å². The predicted octanol–water partition coefficient (Wildman–Crippen LogP) is 1.12. The SMILES string of the molecule is CC(NCCS(C)=O)c1ccc(S(C)(=O)=O)cc1. The van der Waals surface area contributed by atoms with E-state index >= 15 is 0 Å². The van der Waals surface area contributed by atoms with Gasteiger partial charge in [-0.15, -0.1) is 0 Å². The summed E-state index contributed by atoms with van der Waals surface area (Å²) in [5.41, 5.74) is 1.02. The van der Waals surface area contributed by atoms with Crippen LogP contribution in [0.1, 0.15) is 18.5 Å². The highest BCUT2D eigenvalue weighted by atomic mass is 32.2. The number of rotatable bonds is 6. The maximum atomic E-state index is 11.3. The summed E-state index contributed by atoms with van der Waals surface area (Å²) in [6.07, 6.45) is 2.87. The van der Waals surface area contributed by atoms with Gasteiger partial charge in [0, 0.05) is 41.7 Å². The van der Waals surface area contributed by atoms with Gasteiger partial charge in [-0.3, -0.25) is 4.21 Å². The quantitative estimate of drug-likeness (QED) is 0.852. The van der Waals surface area contributed by atoms with E-state index in [-0.39, 0.29) is 6.04 Å². The fourth-order valence-electron chi connectivity index (χ4n) is 1.54. The van der Waals surface area contributed by atoms with Crippen molar-refractivity contribution >= 4 is 20.6 Å². The molecule has 1 N–H and O–H groups in total. The normalized spacial score (nSPS) is 15.3. The van der Waals surface area contributed by atoms with Crippen molar-refractivity contribution in [2.75, 3.05) is 24.8 Å². The molecule has 0 fully saturated rings. The van der Waals surface area contributed by atoms with Crippen LogP contribution in [0.5, 0.6) is 0 Å². The van der Waals surface area contributed by atoms with Crippen molar-refractivity contribution in [2.24, 2.45) is 0 Å². The van der Waals surface area contributed by atoms with E-state index in [2.05, 4.69) is 5.32 Å². The van der Waals surface area contributed by atoms with Gasteiger partial charge in [-0.1, -0.05) is 12.1 Å². The second-order valence-electron chi connectivity index (χ2n) is 4.29. The minimum Gasteiger partial charge on any atom is -0.309 e. The Labute approximate surface area is 111 Å². The lowest BCUT2D eigenvalue weighted by molar-refractivity contribution is 0.594. The zero-order chi connectivity index (χ0) is 13.8. The molecule has 0 saturated heterocycles. The van der Waals surface area contributed by atoms with Gasteiger partial charge >= 0.3 is 0 Å². The van der Waals surface area contributed by atoms with Crippen molar-refractivity contribution < 1.29 is 12.6 Å². The summed E-state index contributed by atoms with van der Waals surface area (Å²) >= 11 is 0. The Kier molecular flexibility index (Phi) is 5.49. The van der Waals surface area contributed by atoms with E-state index in [1.165, 1.54) is 6.26 Å². The highest BCUT2D eigenvalue weighted by Crippen LogP contribution is 2.15. The molecule has 0 aliphatic rings. The van der Waals surface area contributed by atoms with Gasteiger partial charge < -0.3 is 5.32 Å². The highest BCUT2D eigenvalue weighted by Gasteiger charge is 2.09. The molecule has 0 saturated carbocycles. The van der Waals surface area contributed by atoms with Gasteiger partial charge in [0.15, 0.2) is 9.84 Å². The van der Waals surface area contributed by atoms with Crippen LogP contribution in [-0.4, -0.2) is 37.4 Å². The molecule has 0 aliphatic carbocycles. The fourth-order valence-corrected chi connectivity index (χ4v) is 2.58. The molecule has 18 heavy (non-hydrogen) atoms. The molecule has 1 rings (SSSR count). The molecule has 0 radical (unpaired) electrons. The summed E-state index contributed by atoms with van der Waals surface area (Å²) in [6.45, 7) is 2.67. The number of hydrogen-bond acceptors (Lipinski definition) is 4. The van der Waals surface area contributed by atoms with Crippen LogP contribution in [0.15, 0.2) is 29.2 Å². The third-order valence-electron chi connectivity index (χ3n) is 2.65. The molecule has 1 aromatic carbocycles. The van der Waals surface area contributed by atoms with Gasteiger partial charge in [-0.05, 0) is 24.6 Å². The smallest absolute Gasteiger partial charge is 0.175 e. The first-order valence-electron chi connectivity index (χ1n) is 5.64. The van der Waals surface area contributed by atoms with E-state index in [0.717, 1.165) is 5.56 Å². The summed E-state index contributed by atoms with van der Waals surface area (Å²) in [4.78, 5) is 0.327. The van der Waals surface area contributed by atoms with Crippen LogP contribution in [0.25, 0.3) is 0 Å². The van der Waals surface area contributed by atoms with E-state index < -0.39 is 20.6 Å². The molecule has 4 nitrogen and oxygen atoms in total. The largest absolute Gasteiger partial charge is 0.309 e. The fraction of sp³-hybridized carbons (Fsp3) is 0.500. The summed E-state index contributed by atoms with van der Waals surface area (Å²) in [6, 6.07) is 6.94. The Morgan fingerprint density at radius 3 is 2.28 bits per heavy atom. The molecule has 6 heteroatoms. The second kappa shape index (κ2) is 6.45. The molecule has 0 aromatic heterocycles. The predicted molar refractivity (Wildman–Crippen MR) is 74.9 cm³/mol. The molecule has 0 amide bonds. The Bertz CT molecular complexity index is 509. The van der Waals surface area contributed by atoms with Gasteiger partial charge in [-0.2, -0.15) is 0 Å². The summed E-state index contributed by atoms with van der Waals surface area (Å²) in [7, 11) is -3.93. The lowest BCUT2D eigenvalue weighted by Crippen LogP contribution is -2.23. The Balaban J connectivity index is 2.65. The third kappa shape index (κ3) is 4.88. The van der Waals surface area contributed by atoms with Gasteiger partial charge in [-0.25, -0.2) is 8.42 Å². The molecule has 0 heterocycles. The van der Waals surface area contributed by atoms with Crippen molar-refractivity contribution in [1.82, 2.24) is 5.32 Å². The zero-order valence-corrected chi connectivity index (χ0v) is 12.5. The van der Waals surface area contributed by atoms with Crippen LogP contribution in [0.2, 0.25) is 0 Å². The molecule has 2 atom stereocenters. The summed E-state index contributed by atoms with van der Waals surface area (Å²) in [5, 5.41) is 3.25. The molecule has 0 spiro atoms. The summed E-state index contributed by atoms with van der Waals surface area (Å²) < 4.78 is 33.5. The van der Waals surface area contributed by atoms with Crippen LogP contribution in [0.4, 0.5) is 0 Å². The first kappa shape index (κ1) is 15.3. The third-order valence-corrected chi connectivity index (χ3v) is 4.56. The monoisotopic (exact) mass is 289 g/mol. The first-order valence-corrected chi connectivity index (χ1v) is 9.26. The molecule has 0 aliphatic heterocycles. The molecule has 2 unspecified atom stereocenters. The maximum Gasteiger partial charge on any atom is 0.175 e. The standard InChI is InChI=1S/C12H19NO3S2/c1-10(13-8-9-17(2)14)11-4-6-12(7-5-11)18(3,15)16/h4-7,10,13H,8-9H2,1-3H3. The Morgan fingerprint density at radius 2 is 1.83 bits per heavy atom. The minimum atomic E-state index is -3.13. The zero-order valence-electron chi connectivity index (χ0n) is 10.8. The number of nitrogens with one attached hydrogen (secondary N) is 1. The molecule has 1 aromatic rings. The van der Waals surface area contributed by atoms with Crippen LogP contribution >= 0.6 is 0 Å². The van der Waals surface area contributed by atoms with E-state index in [1.807, 2.05) is 6.92 Å². The van der Waals surface area contributed by atoms with E-state index in [4.69, 9.17) is 0 Å². The van der Waals surface area contributed by atoms with Gasteiger partial charge in [0.25, 0.3) is 0 Å². The highest BCUT2D eigenvalue weighted by molar-refractivity contribution is 7.90. The number of hydrogen-bond donors (Lipinski definition) is 1. The summed E-state index contributed by atoms with van der Waals surface area (Å²) in [5.74, 6) is 0.617. The van der Waals surface area contributed by atoms with Crippen molar-refractivity contribution in [1.29, 1.82) is 0 Å². The van der Waals surface area contributed by atoms with E-state index in [0.29, 0.717) is 17.2 Å². The average Bonchev–Trinajstić information content (AvgIpc) is 2.27. The second-order valence-corrected chi connectivity index (χ2v) is 7.86. The number of benzene rings is 1. The van der Waals surface area contributed by atoms with Crippen LogP contribution < -0.4 is 5.32 Å². The molecular formula is C12H19NO3S2. The first-order chi connectivity index (χ1) is 8.30. The Hall–Kier alpha value is -0.720. The lowest BCUT2D eigenvalue weighted by Gasteiger charge is -2.14. The lowest BCUT2D eigenvalue weighted by atomic mass is 10.1. The topological polar surface area (TPSA) is 63.2 Å². The van der Waals surface area contributed by atoms with E-state index in [1.54, 1.807) is 30.5 Å². The van der Waals surface area contributed by atoms with Crippen LogP contribution in [0.3, 0.4) is 0 Å².